The Morgan fingerprint density at radius 1 is 1.25 bits per heavy atom. The number of nitrogens with two attached hydrogens (primary N) is 2. The molecule has 6 N–H and O–H groups in total. The van der Waals surface area contributed by atoms with Crippen LogP contribution in [0.2, 0.25) is 0 Å². The Bertz CT molecular complexity index is 317. The van der Waals surface area contributed by atoms with Crippen molar-refractivity contribution in [3.8, 4) is 0 Å². The number of hydrogen-bond acceptors (Lipinski definition) is 5. The maximum Gasteiger partial charge on any atom is 0.326 e. The highest BCUT2D eigenvalue weighted by atomic mass is 16.4. The summed E-state index contributed by atoms with van der Waals surface area (Å²) in [4.78, 5) is 32.6. The maximum atomic E-state index is 11.1. The molecule has 16 heavy (non-hydrogen) atoms. The zero-order valence-electron chi connectivity index (χ0n) is 9.14. The second-order valence-corrected chi connectivity index (χ2v) is 3.98. The van der Waals surface area contributed by atoms with E-state index in [9.17, 15) is 14.4 Å². The number of carbonyl (C=O) groups is 3. The molecular weight excluding hydrogens is 216 g/mol. The van der Waals surface area contributed by atoms with E-state index in [0.29, 0.717) is 0 Å². The molecule has 0 heterocycles. The van der Waals surface area contributed by atoms with Crippen molar-refractivity contribution in [3.63, 3.8) is 0 Å². The molecule has 92 valence electrons. The van der Waals surface area contributed by atoms with Crippen LogP contribution in [0.25, 0.3) is 0 Å². The Kier molecular flexibility index (Phi) is 4.16. The summed E-state index contributed by atoms with van der Waals surface area (Å²) >= 11 is 0. The Morgan fingerprint density at radius 3 is 1.88 bits per heavy atom. The molecular formula is C9H16N2O5. The van der Waals surface area contributed by atoms with Crippen molar-refractivity contribution >= 4 is 18.2 Å². The van der Waals surface area contributed by atoms with Crippen LogP contribution in [0.1, 0.15) is 20.3 Å². The first kappa shape index (κ1) is 14.5. The van der Waals surface area contributed by atoms with Crippen LogP contribution in [0.15, 0.2) is 0 Å². The van der Waals surface area contributed by atoms with E-state index >= 15 is 0 Å². The minimum atomic E-state index is -2.32. The van der Waals surface area contributed by atoms with Crippen LogP contribution in [0.5, 0.6) is 0 Å². The Morgan fingerprint density at radius 2 is 1.69 bits per heavy atom. The molecule has 0 aromatic carbocycles. The monoisotopic (exact) mass is 232 g/mol. The SMILES string of the molecule is CC(C)[C@@](N)(C(=O)O)[C@@](N)(CC=O)C(=O)O. The van der Waals surface area contributed by atoms with Gasteiger partial charge in [0.1, 0.15) is 11.8 Å². The number of carboxylic acid groups (broad SMARTS) is 2. The number of carbonyl (C=O) groups excluding carboxylic acids is 1. The summed E-state index contributed by atoms with van der Waals surface area (Å²) in [5, 5.41) is 18.0. The van der Waals surface area contributed by atoms with E-state index in [1.54, 1.807) is 0 Å². The van der Waals surface area contributed by atoms with Gasteiger partial charge in [-0.25, -0.2) is 0 Å². The molecule has 0 aliphatic heterocycles. The van der Waals surface area contributed by atoms with Crippen molar-refractivity contribution in [2.45, 2.75) is 31.3 Å². The number of aliphatic carboxylic acids is 2. The van der Waals surface area contributed by atoms with Crippen molar-refractivity contribution in [2.75, 3.05) is 0 Å². The van der Waals surface area contributed by atoms with E-state index in [4.69, 9.17) is 21.7 Å². The molecule has 2 atom stereocenters. The van der Waals surface area contributed by atoms with Crippen molar-refractivity contribution in [3.05, 3.63) is 0 Å². The minimum absolute atomic E-state index is 0.251. The van der Waals surface area contributed by atoms with Gasteiger partial charge in [0.05, 0.1) is 0 Å². The smallest absolute Gasteiger partial charge is 0.326 e. The topological polar surface area (TPSA) is 144 Å². The highest BCUT2D eigenvalue weighted by molar-refractivity contribution is 5.94. The van der Waals surface area contributed by atoms with E-state index < -0.39 is 35.4 Å². The number of hydrogen-bond donors (Lipinski definition) is 4. The largest absolute Gasteiger partial charge is 0.480 e. The van der Waals surface area contributed by atoms with Gasteiger partial charge in [0.15, 0.2) is 5.54 Å². The van der Waals surface area contributed by atoms with Crippen LogP contribution in [-0.2, 0) is 14.4 Å². The Hall–Kier alpha value is -1.47. The molecule has 0 amide bonds. The average Bonchev–Trinajstić information content (AvgIpc) is 2.15. The zero-order valence-corrected chi connectivity index (χ0v) is 9.14. The fraction of sp³-hybridized carbons (Fsp3) is 0.667. The number of rotatable bonds is 6. The lowest BCUT2D eigenvalue weighted by Crippen LogP contribution is -2.76. The Labute approximate surface area is 92.4 Å². The fourth-order valence-corrected chi connectivity index (χ4v) is 1.52. The molecule has 0 fully saturated rings. The lowest BCUT2D eigenvalue weighted by molar-refractivity contribution is -0.160. The molecule has 0 bridgehead atoms. The number of aldehydes is 1. The van der Waals surface area contributed by atoms with Crippen LogP contribution in [0.3, 0.4) is 0 Å². The van der Waals surface area contributed by atoms with Crippen molar-refractivity contribution in [1.82, 2.24) is 0 Å². The standard InChI is InChI=1S/C9H16N2O5/c1-5(2)9(11,7(15)16)8(10,3-4-12)6(13)14/h4-5H,3,10-11H2,1-2H3,(H,13,14)(H,15,16)/t8-,9-/m1/s1. The summed E-state index contributed by atoms with van der Waals surface area (Å²) in [6, 6.07) is 0. The lowest BCUT2D eigenvalue weighted by atomic mass is 9.69. The van der Waals surface area contributed by atoms with Crippen LogP contribution in [0.4, 0.5) is 0 Å². The molecule has 0 aromatic rings. The van der Waals surface area contributed by atoms with Crippen LogP contribution < -0.4 is 11.5 Å². The second kappa shape index (κ2) is 4.58. The lowest BCUT2D eigenvalue weighted by Gasteiger charge is -2.41. The van der Waals surface area contributed by atoms with Gasteiger partial charge in [0, 0.05) is 6.42 Å². The highest BCUT2D eigenvalue weighted by Crippen LogP contribution is 2.29. The molecule has 0 aliphatic carbocycles. The zero-order chi connectivity index (χ0) is 13.1. The van der Waals surface area contributed by atoms with E-state index in [-0.39, 0.29) is 6.29 Å². The normalized spacial score (nSPS) is 18.6. The second-order valence-electron chi connectivity index (χ2n) is 3.98. The first-order chi connectivity index (χ1) is 7.14. The van der Waals surface area contributed by atoms with E-state index in [0.717, 1.165) is 0 Å². The first-order valence-corrected chi connectivity index (χ1v) is 4.62. The summed E-state index contributed by atoms with van der Waals surface area (Å²) in [5.74, 6) is -3.90. The predicted octanol–water partition coefficient (Wildman–Crippen LogP) is -1.20. The summed E-state index contributed by atoms with van der Waals surface area (Å²) in [7, 11) is 0. The third kappa shape index (κ3) is 1.91. The first-order valence-electron chi connectivity index (χ1n) is 4.62. The van der Waals surface area contributed by atoms with Crippen LogP contribution in [-0.4, -0.2) is 39.5 Å². The predicted molar refractivity (Wildman–Crippen MR) is 54.6 cm³/mol. The van der Waals surface area contributed by atoms with Gasteiger partial charge in [-0.1, -0.05) is 13.8 Å². The van der Waals surface area contributed by atoms with Crippen molar-refractivity contribution in [1.29, 1.82) is 0 Å². The molecule has 0 rings (SSSR count). The molecule has 0 unspecified atom stereocenters. The quantitative estimate of drug-likeness (QED) is 0.421. The van der Waals surface area contributed by atoms with Crippen molar-refractivity contribution < 1.29 is 24.6 Å². The van der Waals surface area contributed by atoms with Crippen LogP contribution >= 0.6 is 0 Å². The molecule has 7 heteroatoms. The van der Waals surface area contributed by atoms with E-state index in [2.05, 4.69) is 0 Å². The molecule has 0 aliphatic rings. The van der Waals surface area contributed by atoms with E-state index in [1.165, 1.54) is 13.8 Å². The van der Waals surface area contributed by atoms with Gasteiger partial charge in [0.2, 0.25) is 0 Å². The van der Waals surface area contributed by atoms with Gasteiger partial charge in [0.25, 0.3) is 0 Å². The minimum Gasteiger partial charge on any atom is -0.480 e. The molecule has 0 saturated carbocycles. The van der Waals surface area contributed by atoms with Crippen LogP contribution in [0, 0.1) is 5.92 Å². The highest BCUT2D eigenvalue weighted by Gasteiger charge is 2.58. The third-order valence-electron chi connectivity index (χ3n) is 2.79. The van der Waals surface area contributed by atoms with Gasteiger partial charge in [-0.3, -0.25) is 9.59 Å². The van der Waals surface area contributed by atoms with Gasteiger partial charge in [-0.15, -0.1) is 0 Å². The summed E-state index contributed by atoms with van der Waals surface area (Å²) < 4.78 is 0. The van der Waals surface area contributed by atoms with Gasteiger partial charge in [-0.05, 0) is 5.92 Å². The number of carboxylic acids is 2. The van der Waals surface area contributed by atoms with Gasteiger partial charge in [-0.2, -0.15) is 0 Å². The average molecular weight is 232 g/mol. The van der Waals surface area contributed by atoms with Gasteiger partial charge >= 0.3 is 11.9 Å². The fourth-order valence-electron chi connectivity index (χ4n) is 1.52. The molecule has 0 radical (unpaired) electrons. The van der Waals surface area contributed by atoms with E-state index in [1.807, 2.05) is 0 Å². The summed E-state index contributed by atoms with van der Waals surface area (Å²) in [6.45, 7) is 2.87. The Balaban J connectivity index is 5.71. The third-order valence-corrected chi connectivity index (χ3v) is 2.79. The molecule has 0 spiro atoms. The van der Waals surface area contributed by atoms with Crippen molar-refractivity contribution in [2.24, 2.45) is 17.4 Å². The molecule has 0 aromatic heterocycles. The summed E-state index contributed by atoms with van der Waals surface area (Å²) in [5.41, 5.74) is 6.55. The molecule has 0 saturated heterocycles. The van der Waals surface area contributed by atoms with Gasteiger partial charge < -0.3 is 26.5 Å². The summed E-state index contributed by atoms with van der Waals surface area (Å²) in [6.07, 6.45) is -0.412. The maximum absolute atomic E-state index is 11.1. The molecule has 7 nitrogen and oxygen atoms in total.